The van der Waals surface area contributed by atoms with Gasteiger partial charge in [0.15, 0.2) is 0 Å². The molecule has 0 amide bonds. The van der Waals surface area contributed by atoms with Crippen LogP contribution in [0.2, 0.25) is 0 Å². The van der Waals surface area contributed by atoms with Gasteiger partial charge in [-0.1, -0.05) is 18.2 Å². The van der Waals surface area contributed by atoms with Crippen molar-refractivity contribution in [2.45, 2.75) is 6.92 Å². The van der Waals surface area contributed by atoms with Gasteiger partial charge in [-0.25, -0.2) is 0 Å². The van der Waals surface area contributed by atoms with Gasteiger partial charge < -0.3 is 5.32 Å². The average Bonchev–Trinajstić information content (AvgIpc) is 2.15. The molecule has 0 heterocycles. The van der Waals surface area contributed by atoms with Gasteiger partial charge in [0.25, 0.3) is 0 Å². The number of allylic oxidation sites excluding steroid dienone is 1. The second-order valence-electron chi connectivity index (χ2n) is 2.73. The molecule has 2 heteroatoms. The summed E-state index contributed by atoms with van der Waals surface area (Å²) < 4.78 is 0. The second kappa shape index (κ2) is 5.14. The average molecular weight is 174 g/mol. The molecule has 0 aliphatic carbocycles. The van der Waals surface area contributed by atoms with Crippen molar-refractivity contribution in [1.29, 1.82) is 0 Å². The molecular weight excluding hydrogens is 160 g/mol. The summed E-state index contributed by atoms with van der Waals surface area (Å²) in [6, 6.07) is 8.15. The van der Waals surface area contributed by atoms with Gasteiger partial charge in [0.2, 0.25) is 0 Å². The topological polar surface area (TPSA) is 24.4 Å². The summed E-state index contributed by atoms with van der Waals surface area (Å²) in [6.45, 7) is 2.07. The zero-order chi connectivity index (χ0) is 9.52. The number of benzene rings is 1. The maximum absolute atomic E-state index is 3.84. The number of rotatable bonds is 3. The first kappa shape index (κ1) is 9.52. The maximum atomic E-state index is 3.84. The Bertz CT molecular complexity index is 314. The van der Waals surface area contributed by atoms with Gasteiger partial charge in [0.1, 0.15) is 0 Å². The molecule has 1 aromatic carbocycles. The van der Waals surface area contributed by atoms with E-state index in [9.17, 15) is 0 Å². The highest BCUT2D eigenvalue weighted by molar-refractivity contribution is 5.71. The summed E-state index contributed by atoms with van der Waals surface area (Å²) >= 11 is 0. The molecule has 0 aliphatic rings. The second-order valence-corrected chi connectivity index (χ2v) is 2.73. The third kappa shape index (κ3) is 3.11. The Hall–Kier alpha value is -1.57. The van der Waals surface area contributed by atoms with Crippen LogP contribution in [0.3, 0.4) is 0 Å². The number of hydrogen-bond acceptors (Lipinski definition) is 2. The highest BCUT2D eigenvalue weighted by Crippen LogP contribution is 2.12. The first-order chi connectivity index (χ1) is 6.34. The van der Waals surface area contributed by atoms with E-state index in [1.165, 1.54) is 5.56 Å². The molecule has 0 atom stereocenters. The van der Waals surface area contributed by atoms with Crippen LogP contribution in [-0.2, 0) is 0 Å². The standard InChI is InChI=1S/C11H14N2/c1-10-6-3-4-7-11(10)13-9-5-8-12-2/h3-9,13H,1-2H3. The van der Waals surface area contributed by atoms with Crippen LogP contribution in [-0.4, -0.2) is 13.3 Å². The molecule has 0 bridgehead atoms. The van der Waals surface area contributed by atoms with Gasteiger partial charge in [0.05, 0.1) is 0 Å². The fourth-order valence-corrected chi connectivity index (χ4v) is 1.00. The lowest BCUT2D eigenvalue weighted by Gasteiger charge is -2.02. The third-order valence-electron chi connectivity index (χ3n) is 1.72. The Balaban J connectivity index is 2.59. The summed E-state index contributed by atoms with van der Waals surface area (Å²) in [7, 11) is 1.75. The van der Waals surface area contributed by atoms with E-state index in [0.717, 1.165) is 5.69 Å². The fraction of sp³-hybridized carbons (Fsp3) is 0.182. The van der Waals surface area contributed by atoms with E-state index >= 15 is 0 Å². The molecule has 0 radical (unpaired) electrons. The molecule has 0 fully saturated rings. The SMILES string of the molecule is CN=CC=CNc1ccccc1C. The number of aryl methyl sites for hydroxylation is 1. The number of anilines is 1. The van der Waals surface area contributed by atoms with Crippen LogP contribution in [0.5, 0.6) is 0 Å². The van der Waals surface area contributed by atoms with E-state index in [2.05, 4.69) is 23.3 Å². The molecular formula is C11H14N2. The molecule has 0 saturated carbocycles. The Kier molecular flexibility index (Phi) is 3.76. The van der Waals surface area contributed by atoms with Crippen molar-refractivity contribution in [2.24, 2.45) is 4.99 Å². The van der Waals surface area contributed by atoms with Crippen LogP contribution in [0.4, 0.5) is 5.69 Å². The van der Waals surface area contributed by atoms with Crippen molar-refractivity contribution in [3.63, 3.8) is 0 Å². The molecule has 0 saturated heterocycles. The van der Waals surface area contributed by atoms with Crippen LogP contribution in [0.25, 0.3) is 0 Å². The minimum absolute atomic E-state index is 1.13. The molecule has 0 aliphatic heterocycles. The normalized spacial score (nSPS) is 11.2. The number of para-hydroxylation sites is 1. The van der Waals surface area contributed by atoms with Crippen LogP contribution in [0, 0.1) is 6.92 Å². The molecule has 0 spiro atoms. The lowest BCUT2D eigenvalue weighted by atomic mass is 10.2. The molecule has 13 heavy (non-hydrogen) atoms. The zero-order valence-corrected chi connectivity index (χ0v) is 7.99. The molecule has 1 rings (SSSR count). The Labute approximate surface area is 79.0 Å². The van der Waals surface area contributed by atoms with Crippen LogP contribution in [0.15, 0.2) is 41.5 Å². The molecule has 68 valence electrons. The van der Waals surface area contributed by atoms with Crippen molar-refractivity contribution in [2.75, 3.05) is 12.4 Å². The van der Waals surface area contributed by atoms with Crippen LogP contribution < -0.4 is 5.32 Å². The van der Waals surface area contributed by atoms with Crippen molar-refractivity contribution in [1.82, 2.24) is 0 Å². The van der Waals surface area contributed by atoms with E-state index in [4.69, 9.17) is 0 Å². The van der Waals surface area contributed by atoms with Gasteiger partial charge in [0, 0.05) is 25.1 Å². The lowest BCUT2D eigenvalue weighted by Crippen LogP contribution is -1.89. The smallest absolute Gasteiger partial charge is 0.0409 e. The van der Waals surface area contributed by atoms with Crippen LogP contribution in [0.1, 0.15) is 5.56 Å². The summed E-state index contributed by atoms with van der Waals surface area (Å²) in [5, 5.41) is 3.18. The molecule has 1 aromatic rings. The lowest BCUT2D eigenvalue weighted by molar-refractivity contribution is 1.43. The first-order valence-corrected chi connectivity index (χ1v) is 4.24. The van der Waals surface area contributed by atoms with E-state index in [1.807, 2.05) is 30.5 Å². The predicted molar refractivity (Wildman–Crippen MR) is 58.4 cm³/mol. The van der Waals surface area contributed by atoms with Gasteiger partial charge in [-0.05, 0) is 24.6 Å². The van der Waals surface area contributed by atoms with E-state index < -0.39 is 0 Å². The largest absolute Gasteiger partial charge is 0.361 e. The van der Waals surface area contributed by atoms with Gasteiger partial charge in [-0.15, -0.1) is 0 Å². The summed E-state index contributed by atoms with van der Waals surface area (Å²) in [5.74, 6) is 0. The van der Waals surface area contributed by atoms with E-state index in [-0.39, 0.29) is 0 Å². The maximum Gasteiger partial charge on any atom is 0.0409 e. The number of hydrogen-bond donors (Lipinski definition) is 1. The quantitative estimate of drug-likeness (QED) is 0.700. The molecule has 0 unspecified atom stereocenters. The minimum atomic E-state index is 1.13. The first-order valence-electron chi connectivity index (χ1n) is 4.24. The highest BCUT2D eigenvalue weighted by Gasteiger charge is 1.90. The monoisotopic (exact) mass is 174 g/mol. The summed E-state index contributed by atoms with van der Waals surface area (Å²) in [4.78, 5) is 3.84. The fourth-order valence-electron chi connectivity index (χ4n) is 1.00. The van der Waals surface area contributed by atoms with E-state index in [1.54, 1.807) is 13.3 Å². The zero-order valence-electron chi connectivity index (χ0n) is 7.99. The van der Waals surface area contributed by atoms with Crippen molar-refractivity contribution in [3.05, 3.63) is 42.1 Å². The third-order valence-corrected chi connectivity index (χ3v) is 1.72. The van der Waals surface area contributed by atoms with Crippen molar-refractivity contribution in [3.8, 4) is 0 Å². The molecule has 2 nitrogen and oxygen atoms in total. The van der Waals surface area contributed by atoms with Crippen molar-refractivity contribution < 1.29 is 0 Å². The van der Waals surface area contributed by atoms with Gasteiger partial charge in [-0.3, -0.25) is 4.99 Å². The Morgan fingerprint density at radius 1 is 1.31 bits per heavy atom. The van der Waals surface area contributed by atoms with Crippen LogP contribution >= 0.6 is 0 Å². The van der Waals surface area contributed by atoms with E-state index in [0.29, 0.717) is 0 Å². The number of nitrogens with zero attached hydrogens (tertiary/aromatic N) is 1. The molecule has 0 aromatic heterocycles. The number of nitrogens with one attached hydrogen (secondary N) is 1. The molecule has 1 N–H and O–H groups in total. The van der Waals surface area contributed by atoms with Gasteiger partial charge in [-0.2, -0.15) is 0 Å². The minimum Gasteiger partial charge on any atom is -0.361 e. The van der Waals surface area contributed by atoms with Crippen molar-refractivity contribution >= 4 is 11.9 Å². The highest BCUT2D eigenvalue weighted by atomic mass is 14.8. The van der Waals surface area contributed by atoms with Gasteiger partial charge >= 0.3 is 0 Å². The summed E-state index contributed by atoms with van der Waals surface area (Å²) in [6.07, 6.45) is 5.48. The summed E-state index contributed by atoms with van der Waals surface area (Å²) in [5.41, 5.74) is 2.36. The Morgan fingerprint density at radius 3 is 2.77 bits per heavy atom. The predicted octanol–water partition coefficient (Wildman–Crippen LogP) is 2.62. The Morgan fingerprint density at radius 2 is 2.08 bits per heavy atom. The number of aliphatic imine (C=N–C) groups is 1.